The Balaban J connectivity index is 1.48. The van der Waals surface area contributed by atoms with E-state index in [0.717, 1.165) is 16.8 Å². The van der Waals surface area contributed by atoms with Crippen LogP contribution < -0.4 is 10.2 Å². The summed E-state index contributed by atoms with van der Waals surface area (Å²) in [5, 5.41) is 4.38. The fourth-order valence-corrected chi connectivity index (χ4v) is 5.82. The highest BCUT2D eigenvalue weighted by molar-refractivity contribution is 6.35. The first kappa shape index (κ1) is 30.5. The number of likely N-dealkylation sites (N-methyl/N-ethyl adjacent to an activating group) is 1. The zero-order valence-electron chi connectivity index (χ0n) is 23.3. The van der Waals surface area contributed by atoms with E-state index in [0.29, 0.717) is 68.9 Å². The van der Waals surface area contributed by atoms with E-state index >= 15 is 0 Å². The van der Waals surface area contributed by atoms with Crippen LogP contribution in [0.4, 0.5) is 10.1 Å². The molecule has 0 aromatic heterocycles. The number of rotatable bonds is 10. The molecule has 40 heavy (non-hydrogen) atoms. The zero-order chi connectivity index (χ0) is 28.8. The van der Waals surface area contributed by atoms with Crippen LogP contribution in [0.5, 0.6) is 0 Å². The van der Waals surface area contributed by atoms with E-state index in [-0.39, 0.29) is 30.2 Å². The number of hydrogen-bond acceptors (Lipinski definition) is 6. The molecular weight excluding hydrogens is 556 g/mol. The Morgan fingerprint density at radius 1 is 1.05 bits per heavy atom. The largest absolute Gasteiger partial charge is 0.383 e. The molecule has 218 valence electrons. The molecule has 2 fully saturated rings. The number of piperazine rings is 2. The normalized spacial score (nSPS) is 18.2. The van der Waals surface area contributed by atoms with Crippen molar-refractivity contribution in [3.05, 3.63) is 63.4 Å². The molecule has 2 aromatic rings. The lowest BCUT2D eigenvalue weighted by Gasteiger charge is -2.42. The van der Waals surface area contributed by atoms with Gasteiger partial charge in [0.05, 0.1) is 13.2 Å². The molecule has 1 N–H and O–H groups in total. The predicted molar refractivity (Wildman–Crippen MR) is 157 cm³/mol. The van der Waals surface area contributed by atoms with Gasteiger partial charge in [0.1, 0.15) is 11.9 Å². The third-order valence-corrected chi connectivity index (χ3v) is 8.16. The first-order chi connectivity index (χ1) is 19.2. The number of amides is 2. The lowest BCUT2D eigenvalue weighted by molar-refractivity contribution is -0.149. The summed E-state index contributed by atoms with van der Waals surface area (Å²) >= 11 is 12.6. The number of nitrogens with one attached hydrogen (secondary N) is 1. The van der Waals surface area contributed by atoms with Crippen LogP contribution in [0.25, 0.3) is 0 Å². The van der Waals surface area contributed by atoms with Crippen molar-refractivity contribution in [2.45, 2.75) is 32.0 Å². The minimum absolute atomic E-state index is 0.0676. The van der Waals surface area contributed by atoms with Crippen molar-refractivity contribution in [3.63, 3.8) is 0 Å². The predicted octanol–water partition coefficient (Wildman–Crippen LogP) is 3.29. The van der Waals surface area contributed by atoms with Crippen LogP contribution >= 0.6 is 23.2 Å². The number of halogens is 3. The third kappa shape index (κ3) is 7.64. The molecule has 2 heterocycles. The molecular formula is C29H38Cl2FN5O3. The number of methoxy groups -OCH3 is 1. The maximum absolute atomic E-state index is 14.1. The van der Waals surface area contributed by atoms with Crippen molar-refractivity contribution >= 4 is 40.7 Å². The van der Waals surface area contributed by atoms with Gasteiger partial charge in [0.25, 0.3) is 0 Å². The monoisotopic (exact) mass is 593 g/mol. The van der Waals surface area contributed by atoms with Gasteiger partial charge in [-0.25, -0.2) is 4.39 Å². The number of hydrogen-bond donors (Lipinski definition) is 1. The Morgan fingerprint density at radius 2 is 1.80 bits per heavy atom. The maximum Gasteiger partial charge on any atom is 0.245 e. The van der Waals surface area contributed by atoms with Crippen molar-refractivity contribution in [2.24, 2.45) is 0 Å². The maximum atomic E-state index is 14.1. The number of carbonyl (C=O) groups is 2. The highest BCUT2D eigenvalue weighted by Crippen LogP contribution is 2.27. The molecule has 11 heteroatoms. The van der Waals surface area contributed by atoms with Gasteiger partial charge in [-0.1, -0.05) is 29.3 Å². The molecule has 2 aliphatic heterocycles. The summed E-state index contributed by atoms with van der Waals surface area (Å²) < 4.78 is 19.3. The number of benzene rings is 2. The fourth-order valence-electron chi connectivity index (χ4n) is 5.34. The molecule has 2 amide bonds. The summed E-state index contributed by atoms with van der Waals surface area (Å²) in [5.74, 6) is -0.436. The van der Waals surface area contributed by atoms with Gasteiger partial charge in [-0.05, 0) is 55.4 Å². The highest BCUT2D eigenvalue weighted by atomic mass is 35.5. The molecule has 4 rings (SSSR count). The molecule has 0 spiro atoms. The smallest absolute Gasteiger partial charge is 0.245 e. The van der Waals surface area contributed by atoms with Gasteiger partial charge in [-0.15, -0.1) is 0 Å². The number of anilines is 1. The molecule has 0 radical (unpaired) electrons. The van der Waals surface area contributed by atoms with Crippen molar-refractivity contribution in [3.8, 4) is 0 Å². The average Bonchev–Trinajstić information content (AvgIpc) is 2.92. The minimum Gasteiger partial charge on any atom is -0.383 e. The fraction of sp³-hybridized carbons (Fsp3) is 0.517. The lowest BCUT2D eigenvalue weighted by atomic mass is 10.0. The minimum atomic E-state index is -0.653. The Labute approximate surface area is 245 Å². The molecule has 0 saturated carbocycles. The second kappa shape index (κ2) is 14.0. The van der Waals surface area contributed by atoms with Gasteiger partial charge in [-0.2, -0.15) is 0 Å². The molecule has 2 aromatic carbocycles. The molecule has 0 bridgehead atoms. The van der Waals surface area contributed by atoms with Crippen LogP contribution in [0, 0.1) is 5.82 Å². The number of ether oxygens (including phenoxy) is 1. The molecule has 0 aliphatic carbocycles. The van der Waals surface area contributed by atoms with Crippen molar-refractivity contribution in [1.82, 2.24) is 20.0 Å². The highest BCUT2D eigenvalue weighted by Gasteiger charge is 2.37. The van der Waals surface area contributed by atoms with Crippen LogP contribution in [0.15, 0.2) is 36.4 Å². The average molecular weight is 595 g/mol. The van der Waals surface area contributed by atoms with E-state index in [1.165, 1.54) is 6.07 Å². The lowest BCUT2D eigenvalue weighted by Crippen LogP contribution is -2.60. The zero-order valence-corrected chi connectivity index (χ0v) is 24.8. The van der Waals surface area contributed by atoms with Crippen LogP contribution in [0.1, 0.15) is 18.1 Å². The molecule has 8 nitrogen and oxygen atoms in total. The van der Waals surface area contributed by atoms with Crippen LogP contribution in [-0.2, 0) is 27.3 Å². The molecule has 2 saturated heterocycles. The second-order valence-corrected chi connectivity index (χ2v) is 11.4. The standard InChI is InChI=1S/C29H38Cl2FN5O3/c1-20(19-40-3)33-17-22-14-24(32)6-7-26(22)35-9-11-36(12-10-35)29(39)27(37-13-8-34(2)18-28(37)38)15-21-4-5-23(30)16-25(21)31/h4-7,14,16,20,27,33H,8-13,15,17-19H2,1-3H3/t20-,27-/m1/s1. The van der Waals surface area contributed by atoms with Crippen LogP contribution in [0.3, 0.4) is 0 Å². The Morgan fingerprint density at radius 3 is 2.48 bits per heavy atom. The summed E-state index contributed by atoms with van der Waals surface area (Å²) in [7, 11) is 3.56. The SMILES string of the molecule is COC[C@@H](C)NCc1cc(F)ccc1N1CCN(C(=O)[C@@H](Cc2ccc(Cl)cc2Cl)N2CCN(C)CC2=O)CC1. The number of nitrogens with zero attached hydrogens (tertiary/aromatic N) is 4. The molecule has 2 atom stereocenters. The van der Waals surface area contributed by atoms with Crippen molar-refractivity contribution in [2.75, 3.05) is 71.5 Å². The quantitative estimate of drug-likeness (QED) is 0.456. The third-order valence-electron chi connectivity index (χ3n) is 7.57. The van der Waals surface area contributed by atoms with Gasteiger partial charge in [0.15, 0.2) is 0 Å². The van der Waals surface area contributed by atoms with E-state index in [4.69, 9.17) is 27.9 Å². The first-order valence-corrected chi connectivity index (χ1v) is 14.4. The summed E-state index contributed by atoms with van der Waals surface area (Å²) in [6.07, 6.45) is 0.317. The topological polar surface area (TPSA) is 68.4 Å². The van der Waals surface area contributed by atoms with Gasteiger partial charge in [0.2, 0.25) is 11.8 Å². The van der Waals surface area contributed by atoms with Crippen LogP contribution in [-0.4, -0.2) is 105 Å². The van der Waals surface area contributed by atoms with Gasteiger partial charge >= 0.3 is 0 Å². The van der Waals surface area contributed by atoms with Gasteiger partial charge in [0, 0.05) is 81.1 Å². The van der Waals surface area contributed by atoms with E-state index in [1.54, 1.807) is 36.3 Å². The van der Waals surface area contributed by atoms with Gasteiger partial charge in [-0.3, -0.25) is 14.5 Å². The summed E-state index contributed by atoms with van der Waals surface area (Å²) in [4.78, 5) is 34.7. The van der Waals surface area contributed by atoms with Gasteiger partial charge < -0.3 is 24.8 Å². The molecule has 2 aliphatic rings. The number of carbonyl (C=O) groups excluding carboxylic acids is 2. The van der Waals surface area contributed by atoms with E-state index in [1.807, 2.05) is 29.8 Å². The van der Waals surface area contributed by atoms with Crippen LogP contribution in [0.2, 0.25) is 10.0 Å². The van der Waals surface area contributed by atoms with Crippen molar-refractivity contribution in [1.29, 1.82) is 0 Å². The van der Waals surface area contributed by atoms with E-state index < -0.39 is 6.04 Å². The second-order valence-electron chi connectivity index (χ2n) is 10.6. The van der Waals surface area contributed by atoms with Crippen molar-refractivity contribution < 1.29 is 18.7 Å². The summed E-state index contributed by atoms with van der Waals surface area (Å²) in [5.41, 5.74) is 2.59. The Hall–Kier alpha value is -2.43. The summed E-state index contributed by atoms with van der Waals surface area (Å²) in [6.45, 7) is 6.72. The van der Waals surface area contributed by atoms with E-state index in [2.05, 4.69) is 10.2 Å². The summed E-state index contributed by atoms with van der Waals surface area (Å²) in [6, 6.07) is 9.54. The molecule has 0 unspecified atom stereocenters. The first-order valence-electron chi connectivity index (χ1n) is 13.6. The Bertz CT molecular complexity index is 1190. The van der Waals surface area contributed by atoms with E-state index in [9.17, 15) is 14.0 Å². The Kier molecular flexibility index (Phi) is 10.7.